The Balaban J connectivity index is 1.94. The van der Waals surface area contributed by atoms with Crippen molar-refractivity contribution in [2.75, 3.05) is 13.6 Å². The van der Waals surface area contributed by atoms with E-state index < -0.39 is 11.7 Å². The van der Waals surface area contributed by atoms with E-state index in [9.17, 15) is 14.0 Å². The molecule has 2 rings (SSSR count). The lowest BCUT2D eigenvalue weighted by Crippen LogP contribution is -2.35. The summed E-state index contributed by atoms with van der Waals surface area (Å²) in [4.78, 5) is 25.8. The summed E-state index contributed by atoms with van der Waals surface area (Å²) in [5.74, 6) is -0.303. The maximum atomic E-state index is 13.0. The van der Waals surface area contributed by atoms with Crippen LogP contribution in [-0.4, -0.2) is 36.0 Å². The second kappa shape index (κ2) is 8.80. The predicted octanol–water partition coefficient (Wildman–Crippen LogP) is 4.86. The van der Waals surface area contributed by atoms with Crippen LogP contribution in [0.4, 0.5) is 9.18 Å². The zero-order valence-electron chi connectivity index (χ0n) is 16.3. The number of carbonyl (C=O) groups is 2. The molecule has 144 valence electrons. The first-order chi connectivity index (χ1) is 12.6. The number of halogens is 1. The first-order valence-corrected chi connectivity index (χ1v) is 8.95. The van der Waals surface area contributed by atoms with Crippen LogP contribution in [0.3, 0.4) is 0 Å². The molecule has 0 heterocycles. The van der Waals surface area contributed by atoms with Gasteiger partial charge in [0.05, 0.1) is 0 Å². The number of nitrogens with zero attached hydrogens (tertiary/aromatic N) is 1. The second-order valence-electron chi connectivity index (χ2n) is 7.58. The Bertz CT molecular complexity index is 794. The number of ketones is 1. The lowest BCUT2D eigenvalue weighted by atomic mass is 10.0. The van der Waals surface area contributed by atoms with Crippen molar-refractivity contribution in [2.24, 2.45) is 0 Å². The van der Waals surface area contributed by atoms with E-state index in [1.165, 1.54) is 17.0 Å². The van der Waals surface area contributed by atoms with Crippen LogP contribution in [0.25, 0.3) is 0 Å². The van der Waals surface area contributed by atoms with Crippen LogP contribution in [0.1, 0.15) is 48.7 Å². The zero-order valence-corrected chi connectivity index (χ0v) is 16.3. The normalized spacial score (nSPS) is 11.1. The van der Waals surface area contributed by atoms with Gasteiger partial charge in [-0.3, -0.25) is 4.79 Å². The van der Waals surface area contributed by atoms with E-state index in [0.29, 0.717) is 12.0 Å². The minimum absolute atomic E-state index is 0.0358. The second-order valence-corrected chi connectivity index (χ2v) is 7.58. The number of benzene rings is 2. The first-order valence-electron chi connectivity index (χ1n) is 8.95. The van der Waals surface area contributed by atoms with Crippen LogP contribution in [0.5, 0.6) is 0 Å². The van der Waals surface area contributed by atoms with E-state index in [1.54, 1.807) is 46.0 Å². The molecular weight excluding hydrogens is 345 g/mol. The molecule has 0 aliphatic heterocycles. The molecule has 0 fully saturated rings. The average Bonchev–Trinajstić information content (AvgIpc) is 2.60. The molecule has 5 heteroatoms. The van der Waals surface area contributed by atoms with Gasteiger partial charge in [0.25, 0.3) is 0 Å². The summed E-state index contributed by atoms with van der Waals surface area (Å²) in [7, 11) is 1.62. The number of ether oxygens (including phenoxy) is 1. The van der Waals surface area contributed by atoms with Crippen molar-refractivity contribution in [2.45, 2.75) is 39.2 Å². The maximum absolute atomic E-state index is 13.0. The summed E-state index contributed by atoms with van der Waals surface area (Å²) < 4.78 is 18.3. The van der Waals surface area contributed by atoms with Gasteiger partial charge >= 0.3 is 6.09 Å². The highest BCUT2D eigenvalue weighted by Crippen LogP contribution is 2.14. The Morgan fingerprint density at radius 3 is 2.33 bits per heavy atom. The van der Waals surface area contributed by atoms with Crippen molar-refractivity contribution >= 4 is 11.9 Å². The minimum Gasteiger partial charge on any atom is -0.444 e. The molecule has 0 aromatic heterocycles. The number of hydrogen-bond acceptors (Lipinski definition) is 3. The largest absolute Gasteiger partial charge is 0.444 e. The van der Waals surface area contributed by atoms with Gasteiger partial charge in [0, 0.05) is 25.6 Å². The molecule has 0 atom stereocenters. The van der Waals surface area contributed by atoms with Crippen LogP contribution in [0.15, 0.2) is 48.5 Å². The van der Waals surface area contributed by atoms with Gasteiger partial charge in [-0.15, -0.1) is 0 Å². The Hall–Kier alpha value is -2.69. The van der Waals surface area contributed by atoms with Crippen LogP contribution >= 0.6 is 0 Å². The predicted molar refractivity (Wildman–Crippen MR) is 103 cm³/mol. The smallest absolute Gasteiger partial charge is 0.410 e. The zero-order chi connectivity index (χ0) is 20.0. The van der Waals surface area contributed by atoms with Crippen molar-refractivity contribution in [3.8, 4) is 0 Å². The molecule has 0 bridgehead atoms. The van der Waals surface area contributed by atoms with E-state index in [2.05, 4.69) is 0 Å². The van der Waals surface area contributed by atoms with Crippen molar-refractivity contribution in [1.29, 1.82) is 0 Å². The van der Waals surface area contributed by atoms with E-state index >= 15 is 0 Å². The molecule has 27 heavy (non-hydrogen) atoms. The number of carbonyl (C=O) groups excluding carboxylic acids is 2. The van der Waals surface area contributed by atoms with Crippen LogP contribution in [0.2, 0.25) is 0 Å². The molecule has 0 aliphatic carbocycles. The van der Waals surface area contributed by atoms with Crippen LogP contribution in [0, 0.1) is 5.82 Å². The molecule has 4 nitrogen and oxygen atoms in total. The lowest BCUT2D eigenvalue weighted by molar-refractivity contribution is 0.0298. The fourth-order valence-corrected chi connectivity index (χ4v) is 2.54. The Morgan fingerprint density at radius 1 is 1.04 bits per heavy atom. The average molecular weight is 371 g/mol. The molecule has 0 saturated heterocycles. The molecule has 2 aromatic carbocycles. The summed E-state index contributed by atoms with van der Waals surface area (Å²) >= 11 is 0. The van der Waals surface area contributed by atoms with Crippen molar-refractivity contribution in [3.05, 3.63) is 71.0 Å². The van der Waals surface area contributed by atoms with Crippen molar-refractivity contribution < 1.29 is 18.7 Å². The Kier molecular flexibility index (Phi) is 6.72. The highest BCUT2D eigenvalue weighted by Gasteiger charge is 2.20. The molecule has 1 amide bonds. The van der Waals surface area contributed by atoms with E-state index in [0.717, 1.165) is 11.1 Å². The number of hydrogen-bond donors (Lipinski definition) is 0. The van der Waals surface area contributed by atoms with Gasteiger partial charge in [-0.05, 0) is 56.5 Å². The summed E-state index contributed by atoms with van der Waals surface area (Å²) in [5, 5.41) is 0. The Labute approximate surface area is 159 Å². The standard InChI is InChI=1S/C22H26FNO3/c1-22(2,3)27-21(26)24(4)13-12-20(25)18-7-5-6-17(15-18)14-16-8-10-19(23)11-9-16/h5-11,15H,12-14H2,1-4H3. The van der Waals surface area contributed by atoms with Gasteiger partial charge in [0.2, 0.25) is 0 Å². The lowest BCUT2D eigenvalue weighted by Gasteiger charge is -2.24. The third-order valence-corrected chi connectivity index (χ3v) is 3.95. The molecule has 0 saturated carbocycles. The van der Waals surface area contributed by atoms with E-state index in [-0.39, 0.29) is 24.6 Å². The molecule has 0 aliphatic rings. The highest BCUT2D eigenvalue weighted by molar-refractivity contribution is 5.96. The molecule has 2 aromatic rings. The van der Waals surface area contributed by atoms with Crippen LogP contribution in [-0.2, 0) is 11.2 Å². The fraction of sp³-hybridized carbons (Fsp3) is 0.364. The Morgan fingerprint density at radius 2 is 1.70 bits per heavy atom. The van der Waals surface area contributed by atoms with Gasteiger partial charge < -0.3 is 9.64 Å². The topological polar surface area (TPSA) is 46.6 Å². The van der Waals surface area contributed by atoms with E-state index in [4.69, 9.17) is 4.74 Å². The highest BCUT2D eigenvalue weighted by atomic mass is 19.1. The van der Waals surface area contributed by atoms with Crippen LogP contribution < -0.4 is 0 Å². The van der Waals surface area contributed by atoms with Crippen molar-refractivity contribution in [1.82, 2.24) is 4.90 Å². The quantitative estimate of drug-likeness (QED) is 0.682. The molecule has 0 spiro atoms. The molecule has 0 radical (unpaired) electrons. The van der Waals surface area contributed by atoms with Gasteiger partial charge in [-0.1, -0.05) is 30.3 Å². The number of amides is 1. The first kappa shape index (κ1) is 20.6. The third kappa shape index (κ3) is 6.85. The SMILES string of the molecule is CN(CCC(=O)c1cccc(Cc2ccc(F)cc2)c1)C(=O)OC(C)(C)C. The maximum Gasteiger partial charge on any atom is 0.410 e. The fourth-order valence-electron chi connectivity index (χ4n) is 2.54. The van der Waals surface area contributed by atoms with Gasteiger partial charge in [0.15, 0.2) is 5.78 Å². The van der Waals surface area contributed by atoms with Gasteiger partial charge in [-0.25, -0.2) is 9.18 Å². The van der Waals surface area contributed by atoms with Gasteiger partial charge in [-0.2, -0.15) is 0 Å². The summed E-state index contributed by atoms with van der Waals surface area (Å²) in [6, 6.07) is 13.7. The molecule has 0 N–H and O–H groups in total. The minimum atomic E-state index is -0.565. The number of Topliss-reactive ketones (excluding diaryl/α,β-unsaturated/α-hetero) is 1. The van der Waals surface area contributed by atoms with Crippen molar-refractivity contribution in [3.63, 3.8) is 0 Å². The summed E-state index contributed by atoms with van der Waals surface area (Å²) in [6.45, 7) is 5.69. The summed E-state index contributed by atoms with van der Waals surface area (Å²) in [5.41, 5.74) is 2.00. The monoisotopic (exact) mass is 371 g/mol. The summed E-state index contributed by atoms with van der Waals surface area (Å²) in [6.07, 6.45) is 0.398. The number of rotatable bonds is 6. The molecular formula is C22H26FNO3. The molecule has 0 unspecified atom stereocenters. The van der Waals surface area contributed by atoms with E-state index in [1.807, 2.05) is 18.2 Å². The van der Waals surface area contributed by atoms with Gasteiger partial charge in [0.1, 0.15) is 11.4 Å². The third-order valence-electron chi connectivity index (χ3n) is 3.95.